The molecule has 0 aliphatic heterocycles. The summed E-state index contributed by atoms with van der Waals surface area (Å²) in [5.41, 5.74) is 0.668. The average Bonchev–Trinajstić information content (AvgIpc) is 2.29. The minimum Gasteiger partial charge on any atom is -0.285 e. The van der Waals surface area contributed by atoms with Gasteiger partial charge in [0.2, 0.25) is 6.29 Å². The topological polar surface area (TPSA) is 17.1 Å². The third-order valence-corrected chi connectivity index (χ3v) is 4.07. The Balaban J connectivity index is 3.58. The second-order valence-corrected chi connectivity index (χ2v) is 4.80. The first-order valence-electron chi connectivity index (χ1n) is 3.98. The maximum atomic E-state index is 10.4. The maximum Gasteiger partial charge on any atom is 0.228 e. The first-order valence-corrected chi connectivity index (χ1v) is 5.87. The van der Waals surface area contributed by atoms with Gasteiger partial charge in [0, 0.05) is 11.1 Å². The van der Waals surface area contributed by atoms with Gasteiger partial charge in [0.15, 0.2) is 0 Å². The molecule has 0 aliphatic rings. The molecule has 0 saturated heterocycles. The van der Waals surface area contributed by atoms with Gasteiger partial charge in [0.25, 0.3) is 0 Å². The molecule has 1 rings (SSSR count). The summed E-state index contributed by atoms with van der Waals surface area (Å²) in [5.74, 6) is 0. The predicted octanol–water partition coefficient (Wildman–Crippen LogP) is 5.47. The fourth-order valence-electron chi connectivity index (χ4n) is 0.995. The maximum absolute atomic E-state index is 10.4. The zero-order valence-corrected chi connectivity index (χ0v) is 11.7. The number of hydrogen-bond donors (Lipinski definition) is 0. The van der Waals surface area contributed by atoms with Crippen molar-refractivity contribution in [1.82, 2.24) is 0 Å². The summed E-state index contributed by atoms with van der Waals surface area (Å²) >= 11 is 29.4. The fourth-order valence-corrected chi connectivity index (χ4v) is 2.26. The summed E-state index contributed by atoms with van der Waals surface area (Å²) < 4.78 is 0. The van der Waals surface area contributed by atoms with E-state index in [2.05, 4.69) is 0 Å². The van der Waals surface area contributed by atoms with Gasteiger partial charge in [-0.2, -0.15) is 0 Å². The molecule has 0 aliphatic carbocycles. The summed E-state index contributed by atoms with van der Waals surface area (Å²) in [7, 11) is 0. The molecule has 0 bridgehead atoms. The first kappa shape index (κ1) is 14.1. The first-order chi connectivity index (χ1) is 7.40. The van der Waals surface area contributed by atoms with Crippen LogP contribution in [0.1, 0.15) is 12.5 Å². The van der Waals surface area contributed by atoms with Gasteiger partial charge in [-0.05, 0) is 13.0 Å². The van der Waals surface area contributed by atoms with Crippen LogP contribution in [0.15, 0.2) is 5.57 Å². The van der Waals surface area contributed by atoms with Crippen molar-refractivity contribution in [2.75, 3.05) is 0 Å². The van der Waals surface area contributed by atoms with Crippen LogP contribution in [0.25, 0.3) is 6.08 Å². The van der Waals surface area contributed by atoms with E-state index in [0.29, 0.717) is 11.1 Å². The van der Waals surface area contributed by atoms with Crippen molar-refractivity contribution in [3.63, 3.8) is 0 Å². The molecule has 85 valence electrons. The molecule has 0 saturated carbocycles. The molecule has 1 aromatic carbocycles. The van der Waals surface area contributed by atoms with Gasteiger partial charge in [0.05, 0.1) is 25.1 Å². The smallest absolute Gasteiger partial charge is 0.228 e. The molecule has 0 heterocycles. The Labute approximate surface area is 118 Å². The Morgan fingerprint density at radius 2 is 1.31 bits per heavy atom. The van der Waals surface area contributed by atoms with E-state index >= 15 is 0 Å². The fraction of sp³-hybridized carbons (Fsp3) is 0.100. The number of carbonyl (C=O) groups excluding carboxylic acids is 1. The average molecular weight is 317 g/mol. The van der Waals surface area contributed by atoms with Crippen LogP contribution < -0.4 is 0 Å². The third kappa shape index (κ3) is 2.66. The lowest BCUT2D eigenvalue weighted by molar-refractivity contribution is 0.562. The minimum absolute atomic E-state index is 0.0863. The van der Waals surface area contributed by atoms with Gasteiger partial charge in [-0.1, -0.05) is 58.0 Å². The quantitative estimate of drug-likeness (QED) is 0.402. The van der Waals surface area contributed by atoms with E-state index in [9.17, 15) is 4.79 Å². The number of halogens is 5. The van der Waals surface area contributed by atoms with Crippen LogP contribution in [0.4, 0.5) is 0 Å². The molecule has 1 radical (unpaired) electrons. The summed E-state index contributed by atoms with van der Waals surface area (Å²) in [6.07, 6.45) is 3.13. The molecule has 1 aromatic rings. The highest BCUT2D eigenvalue weighted by molar-refractivity contribution is 6.55. The van der Waals surface area contributed by atoms with E-state index < -0.39 is 0 Å². The Morgan fingerprint density at radius 3 is 1.69 bits per heavy atom. The molecule has 0 fully saturated rings. The summed E-state index contributed by atoms with van der Waals surface area (Å²) in [4.78, 5) is 10.4. The molecular weight excluding hydrogens is 313 g/mol. The lowest BCUT2D eigenvalue weighted by atomic mass is 10.1. The molecule has 0 spiro atoms. The zero-order valence-electron chi connectivity index (χ0n) is 7.88. The second-order valence-electron chi connectivity index (χ2n) is 2.91. The molecule has 0 unspecified atom stereocenters. The van der Waals surface area contributed by atoms with Crippen LogP contribution in [-0.2, 0) is 4.79 Å². The Hall–Kier alpha value is 0.0800. The van der Waals surface area contributed by atoms with E-state index in [4.69, 9.17) is 58.0 Å². The van der Waals surface area contributed by atoms with Crippen LogP contribution in [0.2, 0.25) is 25.1 Å². The molecule has 0 aromatic heterocycles. The van der Waals surface area contributed by atoms with Crippen molar-refractivity contribution in [3.05, 3.63) is 36.2 Å². The largest absolute Gasteiger partial charge is 0.285 e. The lowest BCUT2D eigenvalue weighted by Gasteiger charge is -2.09. The van der Waals surface area contributed by atoms with Gasteiger partial charge >= 0.3 is 0 Å². The van der Waals surface area contributed by atoms with Crippen molar-refractivity contribution >= 4 is 70.4 Å². The molecule has 6 heteroatoms. The van der Waals surface area contributed by atoms with E-state index in [1.165, 1.54) is 6.08 Å². The van der Waals surface area contributed by atoms with Crippen LogP contribution in [0.3, 0.4) is 0 Å². The van der Waals surface area contributed by atoms with Crippen molar-refractivity contribution in [2.24, 2.45) is 0 Å². The molecule has 16 heavy (non-hydrogen) atoms. The summed E-state index contributed by atoms with van der Waals surface area (Å²) in [6.45, 7) is 1.55. The summed E-state index contributed by atoms with van der Waals surface area (Å²) in [6, 6.07) is 0. The number of rotatable bonds is 2. The highest BCUT2D eigenvalue weighted by atomic mass is 35.5. The van der Waals surface area contributed by atoms with Crippen LogP contribution in [0, 0.1) is 0 Å². The SMILES string of the molecule is CC([C]=O)=Cc1c(Cl)c(Cl)c(Cl)c(Cl)c1Cl. The van der Waals surface area contributed by atoms with Crippen LogP contribution in [-0.4, -0.2) is 6.29 Å². The zero-order chi connectivity index (χ0) is 12.5. The van der Waals surface area contributed by atoms with Crippen molar-refractivity contribution in [2.45, 2.75) is 6.92 Å². The van der Waals surface area contributed by atoms with Gasteiger partial charge in [-0.15, -0.1) is 0 Å². The molecule has 0 N–H and O–H groups in total. The normalized spacial score (nSPS) is 11.8. The monoisotopic (exact) mass is 315 g/mol. The lowest BCUT2D eigenvalue weighted by Crippen LogP contribution is -1.86. The highest BCUT2D eigenvalue weighted by Gasteiger charge is 2.17. The number of hydrogen-bond acceptors (Lipinski definition) is 1. The Kier molecular flexibility index (Phi) is 4.96. The van der Waals surface area contributed by atoms with Crippen molar-refractivity contribution in [3.8, 4) is 0 Å². The van der Waals surface area contributed by atoms with Crippen molar-refractivity contribution < 1.29 is 4.79 Å². The van der Waals surface area contributed by atoms with Crippen molar-refractivity contribution in [1.29, 1.82) is 0 Å². The number of allylic oxidation sites excluding steroid dienone is 1. The van der Waals surface area contributed by atoms with E-state index in [0.717, 1.165) is 0 Å². The standard InChI is InChI=1S/C10H4Cl5O/c1-4(3-16)2-5-6(11)8(13)10(15)9(14)7(5)12/h2H,1H3. The van der Waals surface area contributed by atoms with E-state index in [-0.39, 0.29) is 25.1 Å². The second kappa shape index (κ2) is 5.61. The Morgan fingerprint density at radius 1 is 0.938 bits per heavy atom. The minimum atomic E-state index is 0.0863. The van der Waals surface area contributed by atoms with E-state index in [1.54, 1.807) is 13.2 Å². The molecular formula is C10H4Cl5O. The number of benzene rings is 1. The molecule has 0 amide bonds. The molecule has 1 nitrogen and oxygen atoms in total. The van der Waals surface area contributed by atoms with Gasteiger partial charge < -0.3 is 0 Å². The third-order valence-electron chi connectivity index (χ3n) is 1.77. The molecule has 0 atom stereocenters. The predicted molar refractivity (Wildman–Crippen MR) is 70.8 cm³/mol. The van der Waals surface area contributed by atoms with Gasteiger partial charge in [0.1, 0.15) is 0 Å². The Bertz CT molecular complexity index is 450. The van der Waals surface area contributed by atoms with Crippen LogP contribution >= 0.6 is 58.0 Å². The highest BCUT2D eigenvalue weighted by Crippen LogP contribution is 2.44. The van der Waals surface area contributed by atoms with Crippen LogP contribution in [0.5, 0.6) is 0 Å². The van der Waals surface area contributed by atoms with E-state index in [1.807, 2.05) is 0 Å². The summed E-state index contributed by atoms with van der Waals surface area (Å²) in [5, 5.41) is 0.583. The van der Waals surface area contributed by atoms with Gasteiger partial charge in [-0.25, -0.2) is 0 Å². The van der Waals surface area contributed by atoms with Gasteiger partial charge in [-0.3, -0.25) is 4.79 Å².